The van der Waals surface area contributed by atoms with Crippen molar-refractivity contribution in [2.75, 3.05) is 19.7 Å². The van der Waals surface area contributed by atoms with Gasteiger partial charge in [0.2, 0.25) is 12.2 Å². The standard InChI is InChI=1S/C8H12N2O2.C3H8O/c11-7-9-5-3-1-2-4-6-10-8-12;1-2-3-4/h1-6H2;4H,2-3H2,1H3. The van der Waals surface area contributed by atoms with Crippen molar-refractivity contribution in [3.63, 3.8) is 0 Å². The van der Waals surface area contributed by atoms with E-state index in [4.69, 9.17) is 5.11 Å². The molecular formula is C11H20N2O3. The maximum Gasteiger partial charge on any atom is 0.234 e. The van der Waals surface area contributed by atoms with Crippen LogP contribution in [0.5, 0.6) is 0 Å². The molecule has 0 bridgehead atoms. The van der Waals surface area contributed by atoms with Gasteiger partial charge in [-0.3, -0.25) is 0 Å². The third-order valence-electron chi connectivity index (χ3n) is 1.64. The van der Waals surface area contributed by atoms with Crippen molar-refractivity contribution in [1.82, 2.24) is 0 Å². The highest BCUT2D eigenvalue weighted by Crippen LogP contribution is 1.99. The minimum atomic E-state index is 0.319. The van der Waals surface area contributed by atoms with Gasteiger partial charge in [0, 0.05) is 6.61 Å². The van der Waals surface area contributed by atoms with Crippen LogP contribution in [0.25, 0.3) is 0 Å². The van der Waals surface area contributed by atoms with Gasteiger partial charge in [0.15, 0.2) is 0 Å². The predicted octanol–water partition coefficient (Wildman–Crippen LogP) is 1.61. The zero-order valence-corrected chi connectivity index (χ0v) is 9.81. The van der Waals surface area contributed by atoms with E-state index in [1.807, 2.05) is 6.92 Å². The van der Waals surface area contributed by atoms with E-state index in [0.29, 0.717) is 19.7 Å². The number of hydrogen-bond donors (Lipinski definition) is 1. The second-order valence-corrected chi connectivity index (χ2v) is 3.08. The highest BCUT2D eigenvalue weighted by atomic mass is 16.2. The zero-order valence-electron chi connectivity index (χ0n) is 9.81. The SMILES string of the molecule is CCCO.O=C=NCCCCCCN=C=O. The van der Waals surface area contributed by atoms with Crippen LogP contribution in [-0.4, -0.2) is 37.0 Å². The molecule has 0 saturated carbocycles. The molecule has 0 aliphatic heterocycles. The lowest BCUT2D eigenvalue weighted by atomic mass is 10.2. The number of rotatable bonds is 8. The number of isocyanates is 2. The Labute approximate surface area is 96.3 Å². The molecule has 1 N–H and O–H groups in total. The van der Waals surface area contributed by atoms with Crippen LogP contribution >= 0.6 is 0 Å². The lowest BCUT2D eigenvalue weighted by molar-refractivity contribution is 0.295. The monoisotopic (exact) mass is 228 g/mol. The first kappa shape index (κ1) is 17.1. The van der Waals surface area contributed by atoms with Crippen molar-refractivity contribution < 1.29 is 14.7 Å². The van der Waals surface area contributed by atoms with Gasteiger partial charge >= 0.3 is 0 Å². The van der Waals surface area contributed by atoms with E-state index < -0.39 is 0 Å². The van der Waals surface area contributed by atoms with Crippen LogP contribution in [-0.2, 0) is 9.59 Å². The van der Waals surface area contributed by atoms with Gasteiger partial charge < -0.3 is 5.11 Å². The molecule has 5 heteroatoms. The molecule has 0 aromatic heterocycles. The van der Waals surface area contributed by atoms with Crippen LogP contribution in [0.4, 0.5) is 0 Å². The Kier molecular flexibility index (Phi) is 20.7. The number of unbranched alkanes of at least 4 members (excludes halogenated alkanes) is 3. The molecule has 0 amide bonds. The fraction of sp³-hybridized carbons (Fsp3) is 0.818. The number of carbonyl (C=O) groups excluding carboxylic acids is 2. The Morgan fingerprint density at radius 1 is 0.938 bits per heavy atom. The fourth-order valence-corrected chi connectivity index (χ4v) is 0.827. The van der Waals surface area contributed by atoms with Crippen LogP contribution in [0.15, 0.2) is 9.98 Å². The largest absolute Gasteiger partial charge is 0.396 e. The summed E-state index contributed by atoms with van der Waals surface area (Å²) in [6.07, 6.45) is 7.68. The maximum absolute atomic E-state index is 9.63. The Balaban J connectivity index is 0. The molecule has 92 valence electrons. The number of aliphatic hydroxyl groups is 1. The van der Waals surface area contributed by atoms with Crippen LogP contribution in [0.3, 0.4) is 0 Å². The van der Waals surface area contributed by atoms with Crippen LogP contribution in [0.1, 0.15) is 39.0 Å². The molecule has 0 aliphatic rings. The molecule has 16 heavy (non-hydrogen) atoms. The summed E-state index contributed by atoms with van der Waals surface area (Å²) in [5, 5.41) is 7.88. The molecule has 0 aliphatic carbocycles. The van der Waals surface area contributed by atoms with Gasteiger partial charge in [0.25, 0.3) is 0 Å². The van der Waals surface area contributed by atoms with Crippen LogP contribution < -0.4 is 0 Å². The van der Waals surface area contributed by atoms with Crippen molar-refractivity contribution in [1.29, 1.82) is 0 Å². The fourth-order valence-electron chi connectivity index (χ4n) is 0.827. The van der Waals surface area contributed by atoms with E-state index in [0.717, 1.165) is 32.1 Å². The quantitative estimate of drug-likeness (QED) is 0.389. The summed E-state index contributed by atoms with van der Waals surface area (Å²) in [4.78, 5) is 26.1. The summed E-state index contributed by atoms with van der Waals surface area (Å²) < 4.78 is 0. The maximum atomic E-state index is 9.63. The minimum absolute atomic E-state index is 0.319. The van der Waals surface area contributed by atoms with Crippen molar-refractivity contribution in [2.45, 2.75) is 39.0 Å². The van der Waals surface area contributed by atoms with Gasteiger partial charge in [-0.05, 0) is 19.3 Å². The first-order valence-corrected chi connectivity index (χ1v) is 5.51. The third-order valence-corrected chi connectivity index (χ3v) is 1.64. The first-order valence-electron chi connectivity index (χ1n) is 5.51. The number of nitrogens with zero attached hydrogens (tertiary/aromatic N) is 2. The summed E-state index contributed by atoms with van der Waals surface area (Å²) >= 11 is 0. The topological polar surface area (TPSA) is 79.1 Å². The average Bonchev–Trinajstić information content (AvgIpc) is 2.33. The van der Waals surface area contributed by atoms with Gasteiger partial charge in [0.05, 0.1) is 13.1 Å². The van der Waals surface area contributed by atoms with E-state index in [1.54, 1.807) is 0 Å². The minimum Gasteiger partial charge on any atom is -0.396 e. The van der Waals surface area contributed by atoms with Crippen molar-refractivity contribution in [3.8, 4) is 0 Å². The highest BCUT2D eigenvalue weighted by molar-refractivity contribution is 5.32. The molecule has 5 nitrogen and oxygen atoms in total. The van der Waals surface area contributed by atoms with Crippen molar-refractivity contribution in [3.05, 3.63) is 0 Å². The van der Waals surface area contributed by atoms with Gasteiger partial charge in [-0.25, -0.2) is 19.6 Å². The lowest BCUT2D eigenvalue weighted by Gasteiger charge is -1.93. The van der Waals surface area contributed by atoms with Crippen molar-refractivity contribution >= 4 is 12.2 Å². The molecule has 0 saturated heterocycles. The smallest absolute Gasteiger partial charge is 0.234 e. The summed E-state index contributed by atoms with van der Waals surface area (Å²) in [7, 11) is 0. The molecule has 0 heterocycles. The molecular weight excluding hydrogens is 208 g/mol. The van der Waals surface area contributed by atoms with E-state index in [1.165, 1.54) is 12.2 Å². The van der Waals surface area contributed by atoms with Crippen molar-refractivity contribution in [2.24, 2.45) is 9.98 Å². The summed E-state index contributed by atoms with van der Waals surface area (Å²) in [6.45, 7) is 3.36. The summed E-state index contributed by atoms with van der Waals surface area (Å²) in [5.41, 5.74) is 0. The molecule has 0 fully saturated rings. The Morgan fingerprint density at radius 2 is 1.31 bits per heavy atom. The number of hydrogen-bond acceptors (Lipinski definition) is 5. The van der Waals surface area contributed by atoms with Gasteiger partial charge in [-0.15, -0.1) is 0 Å². The Hall–Kier alpha value is -1.28. The van der Waals surface area contributed by atoms with Gasteiger partial charge in [0.1, 0.15) is 0 Å². The molecule has 0 aromatic rings. The second kappa shape index (κ2) is 19.3. The predicted molar refractivity (Wildman–Crippen MR) is 61.8 cm³/mol. The lowest BCUT2D eigenvalue weighted by Crippen LogP contribution is -1.84. The average molecular weight is 228 g/mol. The molecule has 0 aromatic carbocycles. The summed E-state index contributed by atoms with van der Waals surface area (Å²) in [6, 6.07) is 0. The van der Waals surface area contributed by atoms with Crippen LogP contribution in [0.2, 0.25) is 0 Å². The van der Waals surface area contributed by atoms with E-state index in [9.17, 15) is 9.59 Å². The second-order valence-electron chi connectivity index (χ2n) is 3.08. The van der Waals surface area contributed by atoms with E-state index in [-0.39, 0.29) is 0 Å². The Morgan fingerprint density at radius 3 is 1.56 bits per heavy atom. The summed E-state index contributed by atoms with van der Waals surface area (Å²) in [5.74, 6) is 0. The number of aliphatic hydroxyl groups excluding tert-OH is 1. The van der Waals surface area contributed by atoms with E-state index in [2.05, 4.69) is 9.98 Å². The molecule has 0 radical (unpaired) electrons. The Bertz CT molecular complexity index is 195. The number of aliphatic imine (C=N–C) groups is 2. The normalized spacial score (nSPS) is 8.12. The third kappa shape index (κ3) is 23.0. The van der Waals surface area contributed by atoms with E-state index >= 15 is 0 Å². The van der Waals surface area contributed by atoms with Gasteiger partial charge in [-0.2, -0.15) is 0 Å². The molecule has 0 rings (SSSR count). The molecule has 0 unspecified atom stereocenters. The van der Waals surface area contributed by atoms with Crippen LogP contribution in [0, 0.1) is 0 Å². The molecule has 0 atom stereocenters. The highest BCUT2D eigenvalue weighted by Gasteiger charge is 1.87. The molecule has 0 spiro atoms. The first-order chi connectivity index (χ1) is 7.83. The zero-order chi connectivity index (χ0) is 12.5. The van der Waals surface area contributed by atoms with Gasteiger partial charge in [-0.1, -0.05) is 19.8 Å².